The average Bonchev–Trinajstić information content (AvgIpc) is 2.71. The van der Waals surface area contributed by atoms with Crippen molar-refractivity contribution in [3.63, 3.8) is 0 Å². The zero-order chi connectivity index (χ0) is 10.1. The van der Waals surface area contributed by atoms with Gasteiger partial charge in [-0.25, -0.2) is 0 Å². The number of nitrogens with zero attached hydrogens (tertiary/aromatic N) is 4. The second-order valence-electron chi connectivity index (χ2n) is 3.44. The quantitative estimate of drug-likeness (QED) is 0.725. The van der Waals surface area contributed by atoms with E-state index in [9.17, 15) is 0 Å². The molecule has 0 aliphatic rings. The lowest BCUT2D eigenvalue weighted by Gasteiger charge is -1.95. The SMILES string of the molecule is CC(C)c1nnc(-c2ccnn2C)o1. The van der Waals surface area contributed by atoms with Gasteiger partial charge in [0.1, 0.15) is 5.69 Å². The summed E-state index contributed by atoms with van der Waals surface area (Å²) in [4.78, 5) is 0. The molecule has 0 aliphatic carbocycles. The third kappa shape index (κ3) is 1.41. The van der Waals surface area contributed by atoms with Gasteiger partial charge in [0.25, 0.3) is 5.89 Å². The van der Waals surface area contributed by atoms with Gasteiger partial charge in [-0.2, -0.15) is 5.10 Å². The molecule has 0 spiro atoms. The van der Waals surface area contributed by atoms with Crippen molar-refractivity contribution in [1.29, 1.82) is 0 Å². The van der Waals surface area contributed by atoms with Gasteiger partial charge in [-0.05, 0) is 6.07 Å². The average molecular weight is 192 g/mol. The molecule has 2 aromatic heterocycles. The molecule has 0 bridgehead atoms. The van der Waals surface area contributed by atoms with Crippen LogP contribution in [0.1, 0.15) is 25.7 Å². The molecule has 0 unspecified atom stereocenters. The van der Waals surface area contributed by atoms with Crippen LogP contribution >= 0.6 is 0 Å². The summed E-state index contributed by atoms with van der Waals surface area (Å²) in [7, 11) is 1.84. The minimum Gasteiger partial charge on any atom is -0.419 e. The molecule has 0 fully saturated rings. The Morgan fingerprint density at radius 1 is 1.36 bits per heavy atom. The van der Waals surface area contributed by atoms with Crippen LogP contribution in [0, 0.1) is 0 Å². The zero-order valence-electron chi connectivity index (χ0n) is 8.43. The van der Waals surface area contributed by atoms with Crippen molar-refractivity contribution < 1.29 is 4.42 Å². The van der Waals surface area contributed by atoms with Gasteiger partial charge in [0.05, 0.1) is 0 Å². The molecule has 0 saturated heterocycles. The van der Waals surface area contributed by atoms with Gasteiger partial charge >= 0.3 is 0 Å². The van der Waals surface area contributed by atoms with Gasteiger partial charge in [-0.3, -0.25) is 4.68 Å². The van der Waals surface area contributed by atoms with Crippen LogP contribution in [0.25, 0.3) is 11.6 Å². The summed E-state index contributed by atoms with van der Waals surface area (Å²) in [6, 6.07) is 1.84. The third-order valence-electron chi connectivity index (χ3n) is 1.97. The number of aryl methyl sites for hydroxylation is 1. The van der Waals surface area contributed by atoms with Crippen molar-refractivity contribution >= 4 is 0 Å². The molecule has 0 atom stereocenters. The smallest absolute Gasteiger partial charge is 0.265 e. The van der Waals surface area contributed by atoms with Crippen LogP contribution < -0.4 is 0 Å². The predicted molar refractivity (Wildman–Crippen MR) is 50.6 cm³/mol. The number of hydrogen-bond donors (Lipinski definition) is 0. The summed E-state index contributed by atoms with van der Waals surface area (Å²) < 4.78 is 7.19. The van der Waals surface area contributed by atoms with E-state index in [-0.39, 0.29) is 5.92 Å². The highest BCUT2D eigenvalue weighted by Crippen LogP contribution is 2.19. The molecule has 2 heterocycles. The van der Waals surface area contributed by atoms with Crippen LogP contribution in [0.15, 0.2) is 16.7 Å². The Bertz CT molecular complexity index is 429. The molecule has 74 valence electrons. The van der Waals surface area contributed by atoms with Crippen molar-refractivity contribution in [2.45, 2.75) is 19.8 Å². The fourth-order valence-corrected chi connectivity index (χ4v) is 1.16. The van der Waals surface area contributed by atoms with Crippen LogP contribution in [0.2, 0.25) is 0 Å². The van der Waals surface area contributed by atoms with Gasteiger partial charge in [0.15, 0.2) is 0 Å². The molecule has 0 saturated carbocycles. The van der Waals surface area contributed by atoms with E-state index in [2.05, 4.69) is 15.3 Å². The van der Waals surface area contributed by atoms with Crippen molar-refractivity contribution in [2.24, 2.45) is 7.05 Å². The second kappa shape index (κ2) is 3.25. The largest absolute Gasteiger partial charge is 0.419 e. The Morgan fingerprint density at radius 3 is 2.64 bits per heavy atom. The molecule has 0 aliphatic heterocycles. The lowest BCUT2D eigenvalue weighted by molar-refractivity contribution is 0.477. The van der Waals surface area contributed by atoms with E-state index >= 15 is 0 Å². The maximum Gasteiger partial charge on any atom is 0.265 e. The van der Waals surface area contributed by atoms with E-state index < -0.39 is 0 Å². The van der Waals surface area contributed by atoms with Crippen molar-refractivity contribution in [2.75, 3.05) is 0 Å². The highest BCUT2D eigenvalue weighted by molar-refractivity contribution is 5.45. The molecule has 2 rings (SSSR count). The maximum absolute atomic E-state index is 5.49. The minimum absolute atomic E-state index is 0.254. The summed E-state index contributed by atoms with van der Waals surface area (Å²) >= 11 is 0. The molecule has 14 heavy (non-hydrogen) atoms. The van der Waals surface area contributed by atoms with E-state index in [1.165, 1.54) is 0 Å². The Kier molecular flexibility index (Phi) is 2.07. The lowest BCUT2D eigenvalue weighted by atomic mass is 10.2. The Balaban J connectivity index is 2.39. The van der Waals surface area contributed by atoms with Crippen molar-refractivity contribution in [3.8, 4) is 11.6 Å². The summed E-state index contributed by atoms with van der Waals surface area (Å²) in [6.07, 6.45) is 1.70. The van der Waals surface area contributed by atoms with Crippen LogP contribution in [-0.2, 0) is 7.05 Å². The van der Waals surface area contributed by atoms with Gasteiger partial charge in [0, 0.05) is 19.2 Å². The van der Waals surface area contributed by atoms with Gasteiger partial charge in [0.2, 0.25) is 5.89 Å². The first-order chi connectivity index (χ1) is 6.68. The molecule has 5 heteroatoms. The first kappa shape index (κ1) is 8.93. The summed E-state index contributed by atoms with van der Waals surface area (Å²) in [5.41, 5.74) is 0.837. The molecule has 0 amide bonds. The second-order valence-corrected chi connectivity index (χ2v) is 3.44. The van der Waals surface area contributed by atoms with Gasteiger partial charge in [-0.15, -0.1) is 10.2 Å². The van der Waals surface area contributed by atoms with Crippen molar-refractivity contribution in [3.05, 3.63) is 18.2 Å². The lowest BCUT2D eigenvalue weighted by Crippen LogP contribution is -1.92. The van der Waals surface area contributed by atoms with Gasteiger partial charge in [-0.1, -0.05) is 13.8 Å². The van der Waals surface area contributed by atoms with E-state index in [4.69, 9.17) is 4.42 Å². The monoisotopic (exact) mass is 192 g/mol. The molecule has 5 nitrogen and oxygen atoms in total. The number of rotatable bonds is 2. The normalized spacial score (nSPS) is 11.1. The van der Waals surface area contributed by atoms with E-state index in [0.29, 0.717) is 11.8 Å². The van der Waals surface area contributed by atoms with E-state index in [0.717, 1.165) is 5.69 Å². The topological polar surface area (TPSA) is 56.7 Å². The number of aromatic nitrogens is 4. The van der Waals surface area contributed by atoms with Crippen LogP contribution in [0.5, 0.6) is 0 Å². The molecule has 0 N–H and O–H groups in total. The van der Waals surface area contributed by atoms with E-state index in [1.54, 1.807) is 10.9 Å². The zero-order valence-corrected chi connectivity index (χ0v) is 8.43. The summed E-state index contributed by atoms with van der Waals surface area (Å²) in [5.74, 6) is 1.43. The molecular weight excluding hydrogens is 180 g/mol. The first-order valence-electron chi connectivity index (χ1n) is 4.50. The minimum atomic E-state index is 0.254. The summed E-state index contributed by atoms with van der Waals surface area (Å²) in [5, 5.41) is 12.0. The maximum atomic E-state index is 5.49. The molecule has 0 radical (unpaired) electrons. The fraction of sp³-hybridized carbons (Fsp3) is 0.444. The standard InChI is InChI=1S/C9H12N4O/c1-6(2)8-11-12-9(14-8)7-4-5-10-13(7)3/h4-6H,1-3H3. The Hall–Kier alpha value is -1.65. The highest BCUT2D eigenvalue weighted by Gasteiger charge is 2.13. The Morgan fingerprint density at radius 2 is 2.14 bits per heavy atom. The third-order valence-corrected chi connectivity index (χ3v) is 1.97. The predicted octanol–water partition coefficient (Wildman–Crippen LogP) is 1.59. The van der Waals surface area contributed by atoms with Crippen LogP contribution in [0.4, 0.5) is 0 Å². The molecular formula is C9H12N4O. The Labute approximate surface area is 81.8 Å². The first-order valence-corrected chi connectivity index (χ1v) is 4.50. The number of hydrogen-bond acceptors (Lipinski definition) is 4. The summed E-state index contributed by atoms with van der Waals surface area (Å²) in [6.45, 7) is 4.03. The molecule has 2 aromatic rings. The van der Waals surface area contributed by atoms with E-state index in [1.807, 2.05) is 27.0 Å². The fourth-order valence-electron chi connectivity index (χ4n) is 1.16. The highest BCUT2D eigenvalue weighted by atomic mass is 16.4. The van der Waals surface area contributed by atoms with Crippen molar-refractivity contribution in [1.82, 2.24) is 20.0 Å². The van der Waals surface area contributed by atoms with Gasteiger partial charge < -0.3 is 4.42 Å². The van der Waals surface area contributed by atoms with Crippen LogP contribution in [-0.4, -0.2) is 20.0 Å². The molecule has 0 aromatic carbocycles. The van der Waals surface area contributed by atoms with Crippen LogP contribution in [0.3, 0.4) is 0 Å².